The fourth-order valence-electron chi connectivity index (χ4n) is 4.12. The maximum absolute atomic E-state index is 11.5. The van der Waals surface area contributed by atoms with Crippen LogP contribution in [0.15, 0.2) is 12.7 Å². The average Bonchev–Trinajstić information content (AvgIpc) is 2.56. The van der Waals surface area contributed by atoms with Gasteiger partial charge >= 0.3 is 14.5 Å². The minimum Gasteiger partial charge on any atom is -0.433 e. The standard InChI is InChI=1S/C17H32O6Si/c1-8-11-17(19-5)16(4,23-14(3)22-15(18)9-2)12-10-13-24(17,20-6)21-7/h9,14H,2,8,10-13H2,1,3-7H3. The molecule has 3 atom stereocenters. The first-order chi connectivity index (χ1) is 11.3. The van der Waals surface area contributed by atoms with Crippen LogP contribution in [0.5, 0.6) is 0 Å². The van der Waals surface area contributed by atoms with Crippen LogP contribution in [0.25, 0.3) is 0 Å². The van der Waals surface area contributed by atoms with E-state index in [9.17, 15) is 4.79 Å². The summed E-state index contributed by atoms with van der Waals surface area (Å²) in [6, 6.07) is 0.841. The van der Waals surface area contributed by atoms with Gasteiger partial charge in [-0.2, -0.15) is 0 Å². The monoisotopic (exact) mass is 360 g/mol. The number of esters is 1. The zero-order chi connectivity index (χ0) is 18.4. The lowest BCUT2D eigenvalue weighted by Crippen LogP contribution is -2.75. The van der Waals surface area contributed by atoms with E-state index in [4.69, 9.17) is 23.1 Å². The van der Waals surface area contributed by atoms with Crippen LogP contribution in [-0.4, -0.2) is 53.0 Å². The molecular formula is C17H32O6Si. The van der Waals surface area contributed by atoms with Gasteiger partial charge in [-0.3, -0.25) is 0 Å². The minimum atomic E-state index is -2.69. The SMILES string of the molecule is C=CC(=O)OC(C)OC1(C)CCC[Si](OC)(OC)C1(CCC)OC. The van der Waals surface area contributed by atoms with E-state index in [0.29, 0.717) is 0 Å². The summed E-state index contributed by atoms with van der Waals surface area (Å²) in [6.07, 6.45) is 3.73. The molecule has 1 heterocycles. The van der Waals surface area contributed by atoms with Crippen molar-refractivity contribution in [3.8, 4) is 0 Å². The maximum Gasteiger partial charge on any atom is 0.373 e. The summed E-state index contributed by atoms with van der Waals surface area (Å²) < 4.78 is 29.4. The lowest BCUT2D eigenvalue weighted by Gasteiger charge is -2.57. The Bertz CT molecular complexity index is 439. The van der Waals surface area contributed by atoms with E-state index in [1.54, 1.807) is 28.3 Å². The molecule has 0 amide bonds. The highest BCUT2D eigenvalue weighted by molar-refractivity contribution is 6.71. The molecule has 140 valence electrons. The number of hydrogen-bond donors (Lipinski definition) is 0. The van der Waals surface area contributed by atoms with Gasteiger partial charge in [0.05, 0.1) is 0 Å². The third-order valence-corrected chi connectivity index (χ3v) is 9.66. The number of carbonyl (C=O) groups is 1. The van der Waals surface area contributed by atoms with E-state index in [2.05, 4.69) is 13.5 Å². The molecule has 0 bridgehead atoms. The van der Waals surface area contributed by atoms with Crippen LogP contribution in [0, 0.1) is 0 Å². The van der Waals surface area contributed by atoms with Gasteiger partial charge in [0.1, 0.15) is 10.8 Å². The zero-order valence-corrected chi connectivity index (χ0v) is 16.8. The largest absolute Gasteiger partial charge is 0.433 e. The average molecular weight is 361 g/mol. The second kappa shape index (κ2) is 8.58. The molecule has 3 unspecified atom stereocenters. The molecular weight excluding hydrogens is 328 g/mol. The van der Waals surface area contributed by atoms with Crippen molar-refractivity contribution in [3.05, 3.63) is 12.7 Å². The summed E-state index contributed by atoms with van der Waals surface area (Å²) in [7, 11) is 2.37. The molecule has 0 saturated carbocycles. The normalized spacial score (nSPS) is 30.6. The summed E-state index contributed by atoms with van der Waals surface area (Å²) in [4.78, 5) is 11.5. The molecule has 0 radical (unpaired) electrons. The van der Waals surface area contributed by atoms with Crippen LogP contribution < -0.4 is 0 Å². The Hall–Kier alpha value is -0.733. The zero-order valence-electron chi connectivity index (χ0n) is 15.8. The fraction of sp³-hybridized carbons (Fsp3) is 0.824. The quantitative estimate of drug-likeness (QED) is 0.272. The molecule has 0 aromatic heterocycles. The van der Waals surface area contributed by atoms with Crippen molar-refractivity contribution in [3.63, 3.8) is 0 Å². The highest BCUT2D eigenvalue weighted by Gasteiger charge is 2.69. The highest BCUT2D eigenvalue weighted by atomic mass is 28.4. The second-order valence-corrected chi connectivity index (χ2v) is 9.98. The van der Waals surface area contributed by atoms with E-state index >= 15 is 0 Å². The molecule has 0 aliphatic carbocycles. The summed E-state index contributed by atoms with van der Waals surface area (Å²) in [5, 5.41) is -0.689. The van der Waals surface area contributed by atoms with Crippen LogP contribution in [0.2, 0.25) is 6.04 Å². The minimum absolute atomic E-state index is 0.512. The van der Waals surface area contributed by atoms with Gasteiger partial charge in [-0.1, -0.05) is 19.9 Å². The Morgan fingerprint density at radius 2 is 1.96 bits per heavy atom. The molecule has 1 fully saturated rings. The van der Waals surface area contributed by atoms with Crippen molar-refractivity contribution < 1.29 is 27.9 Å². The van der Waals surface area contributed by atoms with Crippen molar-refractivity contribution in [1.29, 1.82) is 0 Å². The van der Waals surface area contributed by atoms with Gasteiger partial charge in [-0.05, 0) is 39.2 Å². The summed E-state index contributed by atoms with van der Waals surface area (Å²) in [5.74, 6) is -0.512. The third kappa shape index (κ3) is 3.60. The summed E-state index contributed by atoms with van der Waals surface area (Å²) in [5.41, 5.74) is -0.685. The van der Waals surface area contributed by atoms with Crippen molar-refractivity contribution >= 4 is 14.5 Å². The Morgan fingerprint density at radius 1 is 1.33 bits per heavy atom. The Labute approximate surface area is 146 Å². The van der Waals surface area contributed by atoms with E-state index in [-0.39, 0.29) is 0 Å². The van der Waals surface area contributed by atoms with Crippen LogP contribution >= 0.6 is 0 Å². The number of methoxy groups -OCH3 is 1. The molecule has 0 spiro atoms. The second-order valence-electron chi connectivity index (χ2n) is 6.35. The van der Waals surface area contributed by atoms with E-state index in [0.717, 1.165) is 37.8 Å². The molecule has 1 rings (SSSR count). The summed E-state index contributed by atoms with van der Waals surface area (Å²) >= 11 is 0. The topological polar surface area (TPSA) is 63.2 Å². The fourth-order valence-corrected chi connectivity index (χ4v) is 8.33. The first-order valence-electron chi connectivity index (χ1n) is 8.46. The van der Waals surface area contributed by atoms with Crippen molar-refractivity contribution in [2.45, 2.75) is 69.6 Å². The first kappa shape index (κ1) is 21.3. The van der Waals surface area contributed by atoms with Gasteiger partial charge in [0.2, 0.25) is 6.29 Å². The molecule has 1 saturated heterocycles. The predicted octanol–water partition coefficient (Wildman–Crippen LogP) is 3.09. The van der Waals surface area contributed by atoms with E-state index in [1.165, 1.54) is 0 Å². The number of carbonyl (C=O) groups excluding carboxylic acids is 1. The van der Waals surface area contributed by atoms with Gasteiger partial charge in [-0.15, -0.1) is 0 Å². The predicted molar refractivity (Wildman–Crippen MR) is 93.7 cm³/mol. The Kier molecular flexibility index (Phi) is 7.62. The van der Waals surface area contributed by atoms with E-state index < -0.39 is 31.6 Å². The number of hydrogen-bond acceptors (Lipinski definition) is 6. The van der Waals surface area contributed by atoms with Gasteiger partial charge in [-0.25, -0.2) is 4.79 Å². The van der Waals surface area contributed by atoms with Crippen LogP contribution in [0.4, 0.5) is 0 Å². The molecule has 1 aliphatic rings. The number of ether oxygens (including phenoxy) is 3. The highest BCUT2D eigenvalue weighted by Crippen LogP contribution is 2.50. The number of rotatable bonds is 9. The maximum atomic E-state index is 11.5. The van der Waals surface area contributed by atoms with Gasteiger partial charge in [0.25, 0.3) is 0 Å². The molecule has 7 heteroatoms. The molecule has 0 aromatic rings. The van der Waals surface area contributed by atoms with Gasteiger partial charge in [0, 0.05) is 27.4 Å². The molecule has 0 N–H and O–H groups in total. The van der Waals surface area contributed by atoms with E-state index in [1.807, 2.05) is 6.92 Å². The molecule has 6 nitrogen and oxygen atoms in total. The van der Waals surface area contributed by atoms with Crippen LogP contribution in [0.1, 0.15) is 46.5 Å². The van der Waals surface area contributed by atoms with Crippen molar-refractivity contribution in [1.82, 2.24) is 0 Å². The molecule has 0 aromatic carbocycles. The third-order valence-electron chi connectivity index (χ3n) is 5.11. The van der Waals surface area contributed by atoms with Crippen molar-refractivity contribution in [2.24, 2.45) is 0 Å². The first-order valence-corrected chi connectivity index (χ1v) is 10.5. The summed E-state index contributed by atoms with van der Waals surface area (Å²) in [6.45, 7) is 9.22. The van der Waals surface area contributed by atoms with Gasteiger partial charge < -0.3 is 23.1 Å². The van der Waals surface area contributed by atoms with Gasteiger partial charge in [0.15, 0.2) is 0 Å². The Balaban J connectivity index is 3.24. The lowest BCUT2D eigenvalue weighted by atomic mass is 9.88. The van der Waals surface area contributed by atoms with Crippen LogP contribution in [-0.2, 0) is 27.9 Å². The molecule has 1 aliphatic heterocycles. The Morgan fingerprint density at radius 3 is 2.42 bits per heavy atom. The molecule has 24 heavy (non-hydrogen) atoms. The van der Waals surface area contributed by atoms with Crippen LogP contribution in [0.3, 0.4) is 0 Å². The lowest BCUT2D eigenvalue weighted by molar-refractivity contribution is -0.250. The van der Waals surface area contributed by atoms with Crippen molar-refractivity contribution in [2.75, 3.05) is 21.3 Å². The smallest absolute Gasteiger partial charge is 0.373 e.